The summed E-state index contributed by atoms with van der Waals surface area (Å²) in [6, 6.07) is 0. The first-order chi connectivity index (χ1) is 4.93. The Morgan fingerprint density at radius 2 is 2.00 bits per heavy atom. The van der Waals surface area contributed by atoms with Crippen LogP contribution in [-0.2, 0) is 4.84 Å². The van der Waals surface area contributed by atoms with E-state index in [0.717, 1.165) is 0 Å². The van der Waals surface area contributed by atoms with E-state index in [1.807, 2.05) is 0 Å². The Bertz CT molecular complexity index is 142. The summed E-state index contributed by atoms with van der Waals surface area (Å²) in [6.45, 7) is 6.97. The molecular formula is C8H17NO2. The zero-order valence-electron chi connectivity index (χ0n) is 7.66. The van der Waals surface area contributed by atoms with E-state index in [2.05, 4.69) is 20.8 Å². The van der Waals surface area contributed by atoms with Gasteiger partial charge < -0.3 is 5.11 Å². The predicted molar refractivity (Wildman–Crippen MR) is 42.7 cm³/mol. The van der Waals surface area contributed by atoms with Crippen LogP contribution >= 0.6 is 0 Å². The highest BCUT2D eigenvalue weighted by Crippen LogP contribution is 2.33. The van der Waals surface area contributed by atoms with E-state index in [0.29, 0.717) is 6.61 Å². The molecule has 1 saturated heterocycles. The number of hydroxylamine groups is 2. The van der Waals surface area contributed by atoms with Gasteiger partial charge in [-0.05, 0) is 5.41 Å². The van der Waals surface area contributed by atoms with Gasteiger partial charge >= 0.3 is 0 Å². The molecule has 1 heterocycles. The highest BCUT2D eigenvalue weighted by Gasteiger charge is 2.39. The van der Waals surface area contributed by atoms with Crippen LogP contribution in [0.1, 0.15) is 20.8 Å². The molecule has 1 N–H and O–H groups in total. The van der Waals surface area contributed by atoms with Gasteiger partial charge in [-0.25, -0.2) is 0 Å². The lowest BCUT2D eigenvalue weighted by atomic mass is 9.80. The van der Waals surface area contributed by atoms with Gasteiger partial charge in [0.05, 0.1) is 6.61 Å². The lowest BCUT2D eigenvalue weighted by Gasteiger charge is -2.28. The van der Waals surface area contributed by atoms with Crippen molar-refractivity contribution in [2.75, 3.05) is 13.7 Å². The van der Waals surface area contributed by atoms with Crippen molar-refractivity contribution in [2.24, 2.45) is 11.3 Å². The first-order valence-corrected chi connectivity index (χ1v) is 3.97. The van der Waals surface area contributed by atoms with Gasteiger partial charge in [-0.3, -0.25) is 4.84 Å². The fourth-order valence-electron chi connectivity index (χ4n) is 1.31. The molecule has 11 heavy (non-hydrogen) atoms. The molecule has 2 unspecified atom stereocenters. The molecule has 2 atom stereocenters. The molecule has 0 saturated carbocycles. The zero-order chi connectivity index (χ0) is 8.65. The van der Waals surface area contributed by atoms with Gasteiger partial charge in [0.15, 0.2) is 0 Å². The minimum atomic E-state index is -0.449. The molecule has 0 amide bonds. The molecule has 0 aromatic rings. The predicted octanol–water partition coefficient (Wildman–Crippen LogP) is 0.844. The zero-order valence-corrected chi connectivity index (χ0v) is 7.66. The molecule has 1 rings (SSSR count). The maximum absolute atomic E-state index is 9.59. The van der Waals surface area contributed by atoms with E-state index < -0.39 is 6.23 Å². The highest BCUT2D eigenvalue weighted by molar-refractivity contribution is 4.80. The lowest BCUT2D eigenvalue weighted by Crippen LogP contribution is -2.35. The van der Waals surface area contributed by atoms with Gasteiger partial charge in [0, 0.05) is 13.0 Å². The molecule has 0 bridgehead atoms. The van der Waals surface area contributed by atoms with E-state index >= 15 is 0 Å². The van der Waals surface area contributed by atoms with Gasteiger partial charge in [-0.2, -0.15) is 5.06 Å². The number of rotatable bonds is 0. The summed E-state index contributed by atoms with van der Waals surface area (Å²) in [5.41, 5.74) is 0.115. The molecule has 1 aliphatic heterocycles. The van der Waals surface area contributed by atoms with E-state index in [1.54, 1.807) is 7.05 Å². The second-order valence-electron chi connectivity index (χ2n) is 4.23. The van der Waals surface area contributed by atoms with Crippen molar-refractivity contribution in [3.05, 3.63) is 0 Å². The van der Waals surface area contributed by atoms with Crippen LogP contribution in [0.25, 0.3) is 0 Å². The minimum absolute atomic E-state index is 0.115. The third-order valence-corrected chi connectivity index (χ3v) is 2.30. The molecule has 3 heteroatoms. The molecule has 0 aromatic heterocycles. The van der Waals surface area contributed by atoms with Crippen molar-refractivity contribution < 1.29 is 9.94 Å². The van der Waals surface area contributed by atoms with Crippen LogP contribution in [0, 0.1) is 11.3 Å². The standard InChI is InChI=1S/C8H17NO2/c1-8(2,3)6-5-11-9(4)7(6)10/h6-7,10H,5H2,1-4H3. The molecule has 1 aliphatic rings. The monoisotopic (exact) mass is 159 g/mol. The smallest absolute Gasteiger partial charge is 0.135 e. The molecular weight excluding hydrogens is 142 g/mol. The second kappa shape index (κ2) is 2.73. The van der Waals surface area contributed by atoms with Crippen LogP contribution in [0.2, 0.25) is 0 Å². The largest absolute Gasteiger partial charge is 0.376 e. The van der Waals surface area contributed by atoms with Gasteiger partial charge in [0.25, 0.3) is 0 Å². The summed E-state index contributed by atoms with van der Waals surface area (Å²) in [4.78, 5) is 5.19. The fourth-order valence-corrected chi connectivity index (χ4v) is 1.31. The Balaban J connectivity index is 2.62. The number of aliphatic hydroxyl groups excluding tert-OH is 1. The first kappa shape index (κ1) is 8.97. The number of hydrogen-bond acceptors (Lipinski definition) is 3. The molecule has 0 spiro atoms. The van der Waals surface area contributed by atoms with E-state index in [1.165, 1.54) is 5.06 Å². The maximum Gasteiger partial charge on any atom is 0.135 e. The average molecular weight is 159 g/mol. The Labute approximate surface area is 67.9 Å². The highest BCUT2D eigenvalue weighted by atomic mass is 16.7. The third-order valence-electron chi connectivity index (χ3n) is 2.30. The minimum Gasteiger partial charge on any atom is -0.376 e. The van der Waals surface area contributed by atoms with Gasteiger partial charge in [-0.15, -0.1) is 0 Å². The van der Waals surface area contributed by atoms with Crippen molar-refractivity contribution in [1.29, 1.82) is 0 Å². The molecule has 0 radical (unpaired) electrons. The quantitative estimate of drug-likeness (QED) is 0.568. The summed E-state index contributed by atoms with van der Waals surface area (Å²) in [5, 5.41) is 11.1. The maximum atomic E-state index is 9.59. The van der Waals surface area contributed by atoms with E-state index in [9.17, 15) is 5.11 Å². The van der Waals surface area contributed by atoms with Crippen LogP contribution in [-0.4, -0.2) is 30.1 Å². The molecule has 3 nitrogen and oxygen atoms in total. The normalized spacial score (nSPS) is 34.6. The van der Waals surface area contributed by atoms with Crippen LogP contribution in [0.5, 0.6) is 0 Å². The topological polar surface area (TPSA) is 32.7 Å². The van der Waals surface area contributed by atoms with E-state index in [4.69, 9.17) is 4.84 Å². The summed E-state index contributed by atoms with van der Waals surface area (Å²) in [5.74, 6) is 0.215. The number of nitrogens with zero attached hydrogens (tertiary/aromatic N) is 1. The Morgan fingerprint density at radius 3 is 2.18 bits per heavy atom. The first-order valence-electron chi connectivity index (χ1n) is 3.97. The van der Waals surface area contributed by atoms with Crippen LogP contribution < -0.4 is 0 Å². The summed E-state index contributed by atoms with van der Waals surface area (Å²) >= 11 is 0. The number of aliphatic hydroxyl groups is 1. The third kappa shape index (κ3) is 1.72. The second-order valence-corrected chi connectivity index (χ2v) is 4.23. The van der Waals surface area contributed by atoms with Gasteiger partial charge in [0.1, 0.15) is 6.23 Å². The summed E-state index contributed by atoms with van der Waals surface area (Å²) in [6.07, 6.45) is -0.449. The van der Waals surface area contributed by atoms with Crippen LogP contribution in [0.3, 0.4) is 0 Å². The Hall–Kier alpha value is -0.120. The van der Waals surface area contributed by atoms with Crippen molar-refractivity contribution in [3.63, 3.8) is 0 Å². The summed E-state index contributed by atoms with van der Waals surface area (Å²) < 4.78 is 0. The lowest BCUT2D eigenvalue weighted by molar-refractivity contribution is -0.163. The molecule has 0 aromatic carbocycles. The van der Waals surface area contributed by atoms with Crippen molar-refractivity contribution in [1.82, 2.24) is 5.06 Å². The van der Waals surface area contributed by atoms with Crippen LogP contribution in [0.4, 0.5) is 0 Å². The summed E-state index contributed by atoms with van der Waals surface area (Å²) in [7, 11) is 1.76. The van der Waals surface area contributed by atoms with E-state index in [-0.39, 0.29) is 11.3 Å². The van der Waals surface area contributed by atoms with Gasteiger partial charge in [-0.1, -0.05) is 20.8 Å². The molecule has 66 valence electrons. The number of hydrogen-bond donors (Lipinski definition) is 1. The van der Waals surface area contributed by atoms with Crippen molar-refractivity contribution >= 4 is 0 Å². The van der Waals surface area contributed by atoms with Crippen molar-refractivity contribution in [3.8, 4) is 0 Å². The van der Waals surface area contributed by atoms with Crippen molar-refractivity contribution in [2.45, 2.75) is 27.0 Å². The molecule has 1 fully saturated rings. The Kier molecular flexibility index (Phi) is 2.23. The van der Waals surface area contributed by atoms with Gasteiger partial charge in [0.2, 0.25) is 0 Å². The Morgan fingerprint density at radius 1 is 1.45 bits per heavy atom. The molecule has 0 aliphatic carbocycles. The SMILES string of the molecule is CN1OCC(C(C)(C)C)C1O. The average Bonchev–Trinajstić information content (AvgIpc) is 2.11. The van der Waals surface area contributed by atoms with Crippen LogP contribution in [0.15, 0.2) is 0 Å². The fraction of sp³-hybridized carbons (Fsp3) is 1.00.